The summed E-state index contributed by atoms with van der Waals surface area (Å²) in [4.78, 5) is 14.0. The second-order valence-electron chi connectivity index (χ2n) is 7.29. The topological polar surface area (TPSA) is 75.7 Å². The average molecular weight is 469 g/mol. The Hall–Kier alpha value is -2.65. The molecule has 0 radical (unpaired) electrons. The molecule has 166 valence electrons. The smallest absolute Gasteiger partial charge is 0.255 e. The summed E-state index contributed by atoms with van der Waals surface area (Å²) in [6.07, 6.45) is 0. The van der Waals surface area contributed by atoms with Gasteiger partial charge < -0.3 is 10.1 Å². The molecule has 0 saturated carbocycles. The van der Waals surface area contributed by atoms with Crippen molar-refractivity contribution in [2.45, 2.75) is 15.5 Å². The summed E-state index contributed by atoms with van der Waals surface area (Å²) in [6, 6.07) is 23.9. The van der Waals surface area contributed by atoms with Gasteiger partial charge in [-0.05, 0) is 54.1 Å². The molecule has 32 heavy (non-hydrogen) atoms. The molecular formula is C24H24N2O4S2. The molecule has 1 heterocycles. The molecule has 1 fully saturated rings. The number of benzene rings is 3. The number of ether oxygens (including phenoxy) is 1. The van der Waals surface area contributed by atoms with Crippen LogP contribution in [0, 0.1) is 0 Å². The van der Waals surface area contributed by atoms with Gasteiger partial charge in [0.15, 0.2) is 0 Å². The van der Waals surface area contributed by atoms with Crippen LogP contribution in [0.3, 0.4) is 0 Å². The second kappa shape index (κ2) is 10.3. The Kier molecular flexibility index (Phi) is 7.26. The molecule has 1 N–H and O–H groups in total. The zero-order valence-electron chi connectivity index (χ0n) is 17.4. The molecule has 8 heteroatoms. The van der Waals surface area contributed by atoms with E-state index < -0.39 is 10.0 Å². The summed E-state index contributed by atoms with van der Waals surface area (Å²) in [5.41, 5.74) is 2.25. The van der Waals surface area contributed by atoms with Crippen LogP contribution in [0.4, 0.5) is 5.69 Å². The zero-order chi connectivity index (χ0) is 22.4. The first-order chi connectivity index (χ1) is 15.5. The van der Waals surface area contributed by atoms with Crippen LogP contribution in [0.2, 0.25) is 0 Å². The summed E-state index contributed by atoms with van der Waals surface area (Å²) in [5.74, 6) is 0.559. The van der Waals surface area contributed by atoms with Gasteiger partial charge in [-0.15, -0.1) is 11.8 Å². The molecule has 0 unspecified atom stereocenters. The highest BCUT2D eigenvalue weighted by molar-refractivity contribution is 7.98. The van der Waals surface area contributed by atoms with Crippen LogP contribution < -0.4 is 5.32 Å². The van der Waals surface area contributed by atoms with Gasteiger partial charge in [-0.1, -0.05) is 30.3 Å². The van der Waals surface area contributed by atoms with E-state index in [-0.39, 0.29) is 10.8 Å². The van der Waals surface area contributed by atoms with Crippen molar-refractivity contribution in [2.24, 2.45) is 0 Å². The molecule has 0 spiro atoms. The predicted molar refractivity (Wildman–Crippen MR) is 126 cm³/mol. The number of amides is 1. The Morgan fingerprint density at radius 3 is 2.22 bits per heavy atom. The first kappa shape index (κ1) is 22.5. The molecule has 1 saturated heterocycles. The van der Waals surface area contributed by atoms with Crippen LogP contribution >= 0.6 is 11.8 Å². The molecule has 1 amide bonds. The highest BCUT2D eigenvalue weighted by atomic mass is 32.2. The van der Waals surface area contributed by atoms with Crippen molar-refractivity contribution in [3.63, 3.8) is 0 Å². The van der Waals surface area contributed by atoms with Crippen molar-refractivity contribution in [3.8, 4) is 0 Å². The number of nitrogens with zero attached hydrogens (tertiary/aromatic N) is 1. The Balaban J connectivity index is 1.35. The number of thioether (sulfide) groups is 1. The third kappa shape index (κ3) is 5.58. The van der Waals surface area contributed by atoms with Crippen molar-refractivity contribution < 1.29 is 17.9 Å². The normalized spacial score (nSPS) is 14.8. The van der Waals surface area contributed by atoms with E-state index >= 15 is 0 Å². The van der Waals surface area contributed by atoms with E-state index in [0.717, 1.165) is 11.3 Å². The minimum absolute atomic E-state index is 0.177. The number of carbonyl (C=O) groups excluding carboxylic acids is 1. The van der Waals surface area contributed by atoms with Crippen LogP contribution in [0.25, 0.3) is 0 Å². The summed E-state index contributed by atoms with van der Waals surface area (Å²) in [6.45, 7) is 1.46. The Bertz CT molecular complexity index is 1140. The maximum absolute atomic E-state index is 12.7. The van der Waals surface area contributed by atoms with Crippen molar-refractivity contribution in [2.75, 3.05) is 31.6 Å². The van der Waals surface area contributed by atoms with Gasteiger partial charge in [0.05, 0.1) is 18.1 Å². The van der Waals surface area contributed by atoms with Crippen LogP contribution in [0.5, 0.6) is 0 Å². The molecule has 0 aliphatic carbocycles. The van der Waals surface area contributed by atoms with Crippen molar-refractivity contribution in [1.29, 1.82) is 0 Å². The molecule has 0 atom stereocenters. The van der Waals surface area contributed by atoms with E-state index in [1.54, 1.807) is 11.8 Å². The number of hydrogen-bond donors (Lipinski definition) is 1. The lowest BCUT2D eigenvalue weighted by Crippen LogP contribution is -2.40. The Morgan fingerprint density at radius 1 is 0.906 bits per heavy atom. The van der Waals surface area contributed by atoms with E-state index in [9.17, 15) is 13.2 Å². The molecule has 1 aliphatic rings. The predicted octanol–water partition coefficient (Wildman–Crippen LogP) is 4.25. The lowest BCUT2D eigenvalue weighted by Gasteiger charge is -2.26. The quantitative estimate of drug-likeness (QED) is 0.525. The minimum Gasteiger partial charge on any atom is -0.379 e. The van der Waals surface area contributed by atoms with E-state index in [0.29, 0.717) is 37.6 Å². The van der Waals surface area contributed by atoms with Gasteiger partial charge in [0.2, 0.25) is 10.0 Å². The van der Waals surface area contributed by atoms with Crippen molar-refractivity contribution in [1.82, 2.24) is 4.31 Å². The van der Waals surface area contributed by atoms with Crippen molar-refractivity contribution >= 4 is 33.4 Å². The van der Waals surface area contributed by atoms with Gasteiger partial charge in [0, 0.05) is 35.0 Å². The molecule has 0 aromatic heterocycles. The van der Waals surface area contributed by atoms with Gasteiger partial charge in [-0.2, -0.15) is 4.31 Å². The highest BCUT2D eigenvalue weighted by Gasteiger charge is 2.26. The van der Waals surface area contributed by atoms with Gasteiger partial charge in [0.25, 0.3) is 5.91 Å². The summed E-state index contributed by atoms with van der Waals surface area (Å²) in [7, 11) is -3.57. The molecule has 6 nitrogen and oxygen atoms in total. The van der Waals surface area contributed by atoms with Crippen LogP contribution in [-0.4, -0.2) is 44.9 Å². The number of anilines is 1. The van der Waals surface area contributed by atoms with E-state index in [1.807, 2.05) is 42.5 Å². The first-order valence-corrected chi connectivity index (χ1v) is 12.7. The molecule has 0 bridgehead atoms. The standard InChI is InChI=1S/C24H24N2O4S2/c27-24(20-8-12-23(13-9-20)32(28,29)26-14-16-30-17-15-26)25-21-10-6-19(7-11-21)18-31-22-4-2-1-3-5-22/h1-13H,14-18H2,(H,25,27). The fourth-order valence-electron chi connectivity index (χ4n) is 3.29. The molecular weight excluding hydrogens is 444 g/mol. The summed E-state index contributed by atoms with van der Waals surface area (Å²) >= 11 is 1.76. The number of morpholine rings is 1. The Labute approximate surface area is 192 Å². The number of hydrogen-bond acceptors (Lipinski definition) is 5. The summed E-state index contributed by atoms with van der Waals surface area (Å²) < 4.78 is 32.0. The lowest BCUT2D eigenvalue weighted by molar-refractivity contribution is 0.0730. The number of rotatable bonds is 7. The maximum atomic E-state index is 12.7. The zero-order valence-corrected chi connectivity index (χ0v) is 19.1. The molecule has 4 rings (SSSR count). The summed E-state index contributed by atoms with van der Waals surface area (Å²) in [5, 5.41) is 2.86. The van der Waals surface area contributed by atoms with Crippen LogP contribution in [0.1, 0.15) is 15.9 Å². The van der Waals surface area contributed by atoms with Gasteiger partial charge in [-0.25, -0.2) is 8.42 Å². The third-order valence-corrected chi connectivity index (χ3v) is 8.08. The Morgan fingerprint density at radius 2 is 1.56 bits per heavy atom. The highest BCUT2D eigenvalue weighted by Crippen LogP contribution is 2.23. The third-order valence-electron chi connectivity index (χ3n) is 5.08. The van der Waals surface area contributed by atoms with E-state index in [4.69, 9.17) is 4.74 Å². The SMILES string of the molecule is O=C(Nc1ccc(CSc2ccccc2)cc1)c1ccc(S(=O)(=O)N2CCOCC2)cc1. The lowest BCUT2D eigenvalue weighted by atomic mass is 10.2. The van der Waals surface area contributed by atoms with Crippen molar-refractivity contribution in [3.05, 3.63) is 90.0 Å². The largest absolute Gasteiger partial charge is 0.379 e. The van der Waals surface area contributed by atoms with Gasteiger partial charge >= 0.3 is 0 Å². The van der Waals surface area contributed by atoms with E-state index in [1.165, 1.54) is 33.5 Å². The van der Waals surface area contributed by atoms with Gasteiger partial charge in [0.1, 0.15) is 0 Å². The second-order valence-corrected chi connectivity index (χ2v) is 10.3. The number of sulfonamides is 1. The van der Waals surface area contributed by atoms with Crippen LogP contribution in [-0.2, 0) is 20.5 Å². The maximum Gasteiger partial charge on any atom is 0.255 e. The number of nitrogens with one attached hydrogen (secondary N) is 1. The first-order valence-electron chi connectivity index (χ1n) is 10.3. The molecule has 3 aromatic carbocycles. The fourth-order valence-corrected chi connectivity index (χ4v) is 5.57. The van der Waals surface area contributed by atoms with E-state index in [2.05, 4.69) is 17.4 Å². The average Bonchev–Trinajstić information content (AvgIpc) is 2.85. The molecule has 1 aliphatic heterocycles. The minimum atomic E-state index is -3.57. The fraction of sp³-hybridized carbons (Fsp3) is 0.208. The monoisotopic (exact) mass is 468 g/mol. The van der Waals surface area contributed by atoms with Crippen LogP contribution in [0.15, 0.2) is 88.7 Å². The number of carbonyl (C=O) groups is 1. The van der Waals surface area contributed by atoms with Gasteiger partial charge in [-0.3, -0.25) is 4.79 Å². The molecule has 3 aromatic rings.